The molecule has 0 fully saturated rings. The SMILES string of the molecule is CON(C)CCC(N)CC(C)(C)C. The van der Waals surface area contributed by atoms with Crippen molar-refractivity contribution in [3.8, 4) is 0 Å². The number of hydroxylamine groups is 2. The summed E-state index contributed by atoms with van der Waals surface area (Å²) in [5, 5.41) is 1.81. The molecule has 2 N–H and O–H groups in total. The predicted octanol–water partition coefficient (Wildman–Crippen LogP) is 1.63. The Labute approximate surface area is 82.2 Å². The van der Waals surface area contributed by atoms with E-state index in [4.69, 9.17) is 10.6 Å². The van der Waals surface area contributed by atoms with Crippen molar-refractivity contribution >= 4 is 0 Å². The summed E-state index contributed by atoms with van der Waals surface area (Å²) in [4.78, 5) is 5.01. The van der Waals surface area contributed by atoms with Gasteiger partial charge in [0, 0.05) is 19.6 Å². The van der Waals surface area contributed by atoms with E-state index in [9.17, 15) is 0 Å². The molecule has 13 heavy (non-hydrogen) atoms. The first kappa shape index (κ1) is 12.9. The standard InChI is InChI=1S/C10H24N2O/c1-10(2,3)8-9(11)6-7-12(4)13-5/h9H,6-8,11H2,1-5H3. The van der Waals surface area contributed by atoms with Crippen LogP contribution in [0.25, 0.3) is 0 Å². The summed E-state index contributed by atoms with van der Waals surface area (Å²) in [5.74, 6) is 0. The number of hydrogen-bond donors (Lipinski definition) is 1. The van der Waals surface area contributed by atoms with Crippen LogP contribution in [0, 0.1) is 5.41 Å². The Balaban J connectivity index is 3.57. The molecule has 0 rings (SSSR count). The van der Waals surface area contributed by atoms with Gasteiger partial charge in [-0.25, -0.2) is 0 Å². The van der Waals surface area contributed by atoms with Gasteiger partial charge in [-0.15, -0.1) is 0 Å². The van der Waals surface area contributed by atoms with Gasteiger partial charge in [-0.2, -0.15) is 5.06 Å². The van der Waals surface area contributed by atoms with Crippen LogP contribution in [0.15, 0.2) is 0 Å². The second-order valence-electron chi connectivity index (χ2n) is 4.85. The molecule has 0 aliphatic heterocycles. The Kier molecular flexibility index (Phi) is 5.53. The number of nitrogens with two attached hydrogens (primary N) is 1. The van der Waals surface area contributed by atoms with Gasteiger partial charge in [0.05, 0.1) is 7.11 Å². The molecule has 0 aromatic heterocycles. The van der Waals surface area contributed by atoms with E-state index < -0.39 is 0 Å². The first-order valence-corrected chi connectivity index (χ1v) is 4.86. The zero-order valence-corrected chi connectivity index (χ0v) is 9.63. The highest BCUT2D eigenvalue weighted by Gasteiger charge is 2.15. The van der Waals surface area contributed by atoms with Crippen LogP contribution in [0.3, 0.4) is 0 Å². The third kappa shape index (κ3) is 8.22. The summed E-state index contributed by atoms with van der Waals surface area (Å²) in [7, 11) is 3.60. The highest BCUT2D eigenvalue weighted by atomic mass is 16.7. The second-order valence-corrected chi connectivity index (χ2v) is 4.85. The van der Waals surface area contributed by atoms with Gasteiger partial charge in [-0.1, -0.05) is 20.8 Å². The van der Waals surface area contributed by atoms with Gasteiger partial charge in [0.1, 0.15) is 0 Å². The number of rotatable bonds is 5. The van der Waals surface area contributed by atoms with Crippen LogP contribution in [0.2, 0.25) is 0 Å². The average molecular weight is 188 g/mol. The van der Waals surface area contributed by atoms with E-state index in [1.165, 1.54) is 0 Å². The van der Waals surface area contributed by atoms with Crippen LogP contribution in [-0.4, -0.2) is 31.8 Å². The minimum Gasteiger partial charge on any atom is -0.328 e. The highest BCUT2D eigenvalue weighted by molar-refractivity contribution is 4.71. The Hall–Kier alpha value is -0.120. The molecule has 0 aromatic carbocycles. The quantitative estimate of drug-likeness (QED) is 0.666. The molecular weight excluding hydrogens is 164 g/mol. The molecule has 0 aliphatic carbocycles. The van der Waals surface area contributed by atoms with Gasteiger partial charge in [-0.05, 0) is 18.3 Å². The van der Waals surface area contributed by atoms with Crippen LogP contribution in [0.1, 0.15) is 33.6 Å². The summed E-state index contributed by atoms with van der Waals surface area (Å²) >= 11 is 0. The Morgan fingerprint density at radius 1 is 1.38 bits per heavy atom. The van der Waals surface area contributed by atoms with Crippen LogP contribution in [0.5, 0.6) is 0 Å². The van der Waals surface area contributed by atoms with Crippen LogP contribution >= 0.6 is 0 Å². The lowest BCUT2D eigenvalue weighted by molar-refractivity contribution is -0.110. The van der Waals surface area contributed by atoms with Crippen LogP contribution in [0.4, 0.5) is 0 Å². The summed E-state index contributed by atoms with van der Waals surface area (Å²) in [5.41, 5.74) is 6.31. The molecular formula is C10H24N2O. The van der Waals surface area contributed by atoms with Crippen molar-refractivity contribution in [2.24, 2.45) is 11.1 Å². The molecule has 0 saturated heterocycles. The fourth-order valence-electron chi connectivity index (χ4n) is 1.33. The summed E-state index contributed by atoms with van der Waals surface area (Å²) < 4.78 is 0. The molecule has 1 atom stereocenters. The van der Waals surface area contributed by atoms with Gasteiger partial charge in [0.25, 0.3) is 0 Å². The predicted molar refractivity (Wildman–Crippen MR) is 56.3 cm³/mol. The second kappa shape index (κ2) is 5.58. The smallest absolute Gasteiger partial charge is 0.0575 e. The lowest BCUT2D eigenvalue weighted by atomic mass is 9.87. The highest BCUT2D eigenvalue weighted by Crippen LogP contribution is 2.20. The van der Waals surface area contributed by atoms with E-state index in [-0.39, 0.29) is 6.04 Å². The third-order valence-corrected chi connectivity index (χ3v) is 2.00. The summed E-state index contributed by atoms with van der Waals surface area (Å²) in [6.45, 7) is 7.54. The summed E-state index contributed by atoms with van der Waals surface area (Å²) in [6, 6.07) is 0.276. The molecule has 0 heterocycles. The van der Waals surface area contributed by atoms with E-state index in [2.05, 4.69) is 20.8 Å². The van der Waals surface area contributed by atoms with Crippen molar-refractivity contribution in [1.29, 1.82) is 0 Å². The van der Waals surface area contributed by atoms with E-state index in [1.807, 2.05) is 12.1 Å². The van der Waals surface area contributed by atoms with Crippen molar-refractivity contribution < 1.29 is 4.84 Å². The van der Waals surface area contributed by atoms with E-state index in [1.54, 1.807) is 7.11 Å². The molecule has 3 nitrogen and oxygen atoms in total. The molecule has 0 bridgehead atoms. The largest absolute Gasteiger partial charge is 0.328 e. The zero-order chi connectivity index (χ0) is 10.5. The lowest BCUT2D eigenvalue weighted by Gasteiger charge is -2.24. The van der Waals surface area contributed by atoms with E-state index in [0.29, 0.717) is 5.41 Å². The van der Waals surface area contributed by atoms with Crippen molar-refractivity contribution in [3.63, 3.8) is 0 Å². The monoisotopic (exact) mass is 188 g/mol. The molecule has 0 amide bonds. The van der Waals surface area contributed by atoms with Crippen LogP contribution < -0.4 is 5.73 Å². The van der Waals surface area contributed by atoms with E-state index >= 15 is 0 Å². The van der Waals surface area contributed by atoms with Gasteiger partial charge in [0.2, 0.25) is 0 Å². The van der Waals surface area contributed by atoms with E-state index in [0.717, 1.165) is 19.4 Å². The fraction of sp³-hybridized carbons (Fsp3) is 1.00. The van der Waals surface area contributed by atoms with Crippen LogP contribution in [-0.2, 0) is 4.84 Å². The van der Waals surface area contributed by atoms with Crippen molar-refractivity contribution in [3.05, 3.63) is 0 Å². The van der Waals surface area contributed by atoms with Crippen molar-refractivity contribution in [2.75, 3.05) is 20.7 Å². The zero-order valence-electron chi connectivity index (χ0n) is 9.63. The fourth-order valence-corrected chi connectivity index (χ4v) is 1.33. The van der Waals surface area contributed by atoms with Crippen molar-refractivity contribution in [2.45, 2.75) is 39.7 Å². The number of hydrogen-bond acceptors (Lipinski definition) is 3. The lowest BCUT2D eigenvalue weighted by Crippen LogP contribution is -2.31. The third-order valence-electron chi connectivity index (χ3n) is 2.00. The molecule has 0 aromatic rings. The normalized spacial score (nSPS) is 15.0. The molecule has 0 aliphatic rings. The Morgan fingerprint density at radius 3 is 2.31 bits per heavy atom. The molecule has 1 unspecified atom stereocenters. The average Bonchev–Trinajstić information content (AvgIpc) is 1.97. The maximum absolute atomic E-state index is 5.98. The summed E-state index contributed by atoms with van der Waals surface area (Å²) in [6.07, 6.45) is 2.05. The maximum atomic E-state index is 5.98. The first-order chi connectivity index (χ1) is 5.85. The van der Waals surface area contributed by atoms with Crippen molar-refractivity contribution in [1.82, 2.24) is 5.06 Å². The molecule has 0 spiro atoms. The van der Waals surface area contributed by atoms with Gasteiger partial charge >= 0.3 is 0 Å². The minimum atomic E-state index is 0.276. The molecule has 3 heteroatoms. The van der Waals surface area contributed by atoms with Gasteiger partial charge < -0.3 is 10.6 Å². The Morgan fingerprint density at radius 2 is 1.92 bits per heavy atom. The first-order valence-electron chi connectivity index (χ1n) is 4.86. The molecule has 0 radical (unpaired) electrons. The maximum Gasteiger partial charge on any atom is 0.0575 e. The van der Waals surface area contributed by atoms with Gasteiger partial charge in [0.15, 0.2) is 0 Å². The minimum absolute atomic E-state index is 0.276. The Bertz CT molecular complexity index is 131. The molecule has 80 valence electrons. The molecule has 0 saturated carbocycles. The number of nitrogens with zero attached hydrogens (tertiary/aromatic N) is 1. The topological polar surface area (TPSA) is 38.5 Å². The van der Waals surface area contributed by atoms with Gasteiger partial charge in [-0.3, -0.25) is 0 Å².